The van der Waals surface area contributed by atoms with Crippen LogP contribution < -0.4 is 5.32 Å². The van der Waals surface area contributed by atoms with E-state index in [0.29, 0.717) is 26.1 Å². The average molecular weight is 315 g/mol. The first-order chi connectivity index (χ1) is 11.2. The van der Waals surface area contributed by atoms with Gasteiger partial charge in [-0.25, -0.2) is 0 Å². The second-order valence-electron chi connectivity index (χ2n) is 7.35. The van der Waals surface area contributed by atoms with Gasteiger partial charge in [0.25, 0.3) is 0 Å². The van der Waals surface area contributed by atoms with E-state index in [-0.39, 0.29) is 23.5 Å². The van der Waals surface area contributed by atoms with Gasteiger partial charge in [-0.15, -0.1) is 0 Å². The summed E-state index contributed by atoms with van der Waals surface area (Å²) in [4.78, 5) is 12.4. The summed E-state index contributed by atoms with van der Waals surface area (Å²) in [6.45, 7) is 1.38. The third kappa shape index (κ3) is 2.68. The molecule has 1 aromatic carbocycles. The fourth-order valence-corrected chi connectivity index (χ4v) is 4.57. The zero-order chi connectivity index (χ0) is 15.9. The monoisotopic (exact) mass is 315 g/mol. The summed E-state index contributed by atoms with van der Waals surface area (Å²) in [5.41, 5.74) is 3.81. The first-order valence-electron chi connectivity index (χ1n) is 8.83. The smallest absolute Gasteiger partial charge is 0.224 e. The Bertz CT molecular complexity index is 607. The number of nitrogens with one attached hydrogen (secondary N) is 1. The predicted octanol–water partition coefficient (Wildman–Crippen LogP) is 1.76. The molecule has 0 bridgehead atoms. The van der Waals surface area contributed by atoms with Crippen molar-refractivity contribution >= 4 is 5.91 Å². The van der Waals surface area contributed by atoms with Crippen LogP contribution in [0.25, 0.3) is 0 Å². The molecule has 1 saturated heterocycles. The van der Waals surface area contributed by atoms with Gasteiger partial charge in [-0.05, 0) is 55.2 Å². The van der Waals surface area contributed by atoms with Gasteiger partial charge in [0.1, 0.15) is 0 Å². The Balaban J connectivity index is 1.38. The molecule has 1 saturated carbocycles. The van der Waals surface area contributed by atoms with Crippen molar-refractivity contribution in [3.05, 3.63) is 34.9 Å². The molecular formula is C19H25NO3. The molecule has 2 N–H and O–H groups in total. The standard InChI is InChI=1S/C19H25NO3/c21-17-12-16(19(17)6-8-23-9-7-19)20-18(22)11-13-4-5-14-2-1-3-15(14)10-13/h4-5,10,16-17,21H,1-3,6-9,11-12H2,(H,20,22)/t16-,17-/m1/s1. The Labute approximate surface area is 137 Å². The van der Waals surface area contributed by atoms with Crippen molar-refractivity contribution in [1.82, 2.24) is 5.32 Å². The van der Waals surface area contributed by atoms with Crippen molar-refractivity contribution in [3.8, 4) is 0 Å². The summed E-state index contributed by atoms with van der Waals surface area (Å²) in [7, 11) is 0. The van der Waals surface area contributed by atoms with Crippen molar-refractivity contribution in [2.24, 2.45) is 5.41 Å². The van der Waals surface area contributed by atoms with Crippen LogP contribution in [0, 0.1) is 5.41 Å². The number of carbonyl (C=O) groups is 1. The topological polar surface area (TPSA) is 58.6 Å². The molecule has 124 valence electrons. The highest BCUT2D eigenvalue weighted by Gasteiger charge is 2.55. The highest BCUT2D eigenvalue weighted by Crippen LogP contribution is 2.48. The SMILES string of the molecule is O=C(Cc1ccc2c(c1)CCC2)N[C@@H]1C[C@@H](O)C12CCOCC2. The van der Waals surface area contributed by atoms with Crippen molar-refractivity contribution in [2.45, 2.75) is 57.1 Å². The fourth-order valence-electron chi connectivity index (χ4n) is 4.57. The lowest BCUT2D eigenvalue weighted by molar-refractivity contribution is -0.155. The normalized spacial score (nSPS) is 28.2. The van der Waals surface area contributed by atoms with Crippen molar-refractivity contribution in [2.75, 3.05) is 13.2 Å². The highest BCUT2D eigenvalue weighted by atomic mass is 16.5. The number of aliphatic hydroxyl groups is 1. The van der Waals surface area contributed by atoms with Crippen molar-refractivity contribution in [1.29, 1.82) is 0 Å². The zero-order valence-corrected chi connectivity index (χ0v) is 13.5. The predicted molar refractivity (Wildman–Crippen MR) is 87.2 cm³/mol. The molecule has 1 aromatic rings. The molecular weight excluding hydrogens is 290 g/mol. The summed E-state index contributed by atoms with van der Waals surface area (Å²) in [6.07, 6.45) is 6.06. The van der Waals surface area contributed by atoms with Gasteiger partial charge in [0.2, 0.25) is 5.91 Å². The number of aryl methyl sites for hydroxylation is 2. The molecule has 2 fully saturated rings. The zero-order valence-electron chi connectivity index (χ0n) is 13.5. The van der Waals surface area contributed by atoms with Crippen LogP contribution in [0.1, 0.15) is 42.4 Å². The number of benzene rings is 1. The maximum absolute atomic E-state index is 12.4. The molecule has 1 aliphatic heterocycles. The van der Waals surface area contributed by atoms with Gasteiger partial charge in [-0.3, -0.25) is 4.79 Å². The van der Waals surface area contributed by atoms with E-state index in [9.17, 15) is 9.90 Å². The van der Waals surface area contributed by atoms with Gasteiger partial charge in [-0.1, -0.05) is 18.2 Å². The van der Waals surface area contributed by atoms with E-state index in [1.54, 1.807) is 0 Å². The number of hydrogen-bond acceptors (Lipinski definition) is 3. The minimum absolute atomic E-state index is 0.0747. The van der Waals surface area contributed by atoms with Crippen molar-refractivity contribution < 1.29 is 14.6 Å². The molecule has 0 unspecified atom stereocenters. The maximum Gasteiger partial charge on any atom is 0.224 e. The van der Waals surface area contributed by atoms with E-state index >= 15 is 0 Å². The molecule has 23 heavy (non-hydrogen) atoms. The van der Waals surface area contributed by atoms with E-state index in [2.05, 4.69) is 23.5 Å². The van der Waals surface area contributed by atoms with Crippen molar-refractivity contribution in [3.63, 3.8) is 0 Å². The third-order valence-electron chi connectivity index (χ3n) is 6.10. The number of ether oxygens (including phenoxy) is 1. The lowest BCUT2D eigenvalue weighted by Gasteiger charge is -2.55. The molecule has 1 amide bonds. The van der Waals surface area contributed by atoms with Crippen LogP contribution in [0.15, 0.2) is 18.2 Å². The first-order valence-corrected chi connectivity index (χ1v) is 8.83. The minimum Gasteiger partial charge on any atom is -0.392 e. The minimum atomic E-state index is -0.295. The van der Waals surface area contributed by atoms with Gasteiger partial charge in [-0.2, -0.15) is 0 Å². The van der Waals surface area contributed by atoms with Gasteiger partial charge in [0, 0.05) is 24.7 Å². The number of aliphatic hydroxyl groups excluding tert-OH is 1. The number of carbonyl (C=O) groups excluding carboxylic acids is 1. The van der Waals surface area contributed by atoms with E-state index in [1.165, 1.54) is 24.0 Å². The van der Waals surface area contributed by atoms with Gasteiger partial charge in [0.05, 0.1) is 12.5 Å². The Hall–Kier alpha value is -1.39. The van der Waals surface area contributed by atoms with Gasteiger partial charge in [0.15, 0.2) is 0 Å². The molecule has 0 aromatic heterocycles. The lowest BCUT2D eigenvalue weighted by Crippen LogP contribution is -2.65. The summed E-state index contributed by atoms with van der Waals surface area (Å²) in [5, 5.41) is 13.4. The maximum atomic E-state index is 12.4. The van der Waals surface area contributed by atoms with E-state index in [0.717, 1.165) is 24.8 Å². The molecule has 2 aliphatic carbocycles. The second kappa shape index (κ2) is 5.91. The van der Waals surface area contributed by atoms with Crippen LogP contribution in [0.3, 0.4) is 0 Å². The molecule has 4 rings (SSSR count). The number of amides is 1. The quantitative estimate of drug-likeness (QED) is 0.894. The number of fused-ring (bicyclic) bond motifs is 1. The van der Waals surface area contributed by atoms with Crippen LogP contribution in [0.4, 0.5) is 0 Å². The van der Waals surface area contributed by atoms with Crippen LogP contribution in [-0.4, -0.2) is 36.4 Å². The Morgan fingerprint density at radius 2 is 2.04 bits per heavy atom. The highest BCUT2D eigenvalue weighted by molar-refractivity contribution is 5.79. The molecule has 4 heteroatoms. The summed E-state index contributed by atoms with van der Waals surface area (Å²) in [5.74, 6) is 0.0747. The van der Waals surface area contributed by atoms with E-state index < -0.39 is 0 Å². The van der Waals surface area contributed by atoms with Crippen LogP contribution in [-0.2, 0) is 28.8 Å². The summed E-state index contributed by atoms with van der Waals surface area (Å²) < 4.78 is 5.42. The number of hydrogen-bond donors (Lipinski definition) is 2. The largest absolute Gasteiger partial charge is 0.392 e. The Morgan fingerprint density at radius 1 is 1.26 bits per heavy atom. The first kappa shape index (κ1) is 15.2. The second-order valence-corrected chi connectivity index (χ2v) is 7.35. The summed E-state index contributed by atoms with van der Waals surface area (Å²) in [6, 6.07) is 6.56. The van der Waals surface area contributed by atoms with Crippen LogP contribution >= 0.6 is 0 Å². The molecule has 1 spiro atoms. The number of rotatable bonds is 3. The van der Waals surface area contributed by atoms with Crippen LogP contribution in [0.5, 0.6) is 0 Å². The third-order valence-corrected chi connectivity index (χ3v) is 6.10. The Kier molecular flexibility index (Phi) is 3.90. The average Bonchev–Trinajstić information content (AvgIpc) is 3.03. The van der Waals surface area contributed by atoms with Gasteiger partial charge < -0.3 is 15.2 Å². The molecule has 3 aliphatic rings. The molecule has 0 radical (unpaired) electrons. The van der Waals surface area contributed by atoms with E-state index in [4.69, 9.17) is 4.74 Å². The Morgan fingerprint density at radius 3 is 2.83 bits per heavy atom. The summed E-state index contributed by atoms with van der Waals surface area (Å²) >= 11 is 0. The van der Waals surface area contributed by atoms with E-state index in [1.807, 2.05) is 0 Å². The lowest BCUT2D eigenvalue weighted by atomic mass is 9.58. The molecule has 1 heterocycles. The van der Waals surface area contributed by atoms with Crippen LogP contribution in [0.2, 0.25) is 0 Å². The fraction of sp³-hybridized carbons (Fsp3) is 0.632. The molecule has 2 atom stereocenters. The molecule has 4 nitrogen and oxygen atoms in total. The van der Waals surface area contributed by atoms with Gasteiger partial charge >= 0.3 is 0 Å².